The minimum atomic E-state index is 0.549. The lowest BCUT2D eigenvalue weighted by Crippen LogP contribution is -2.08. The van der Waals surface area contributed by atoms with Crippen LogP contribution in [0.1, 0.15) is 16.7 Å². The molecule has 0 saturated heterocycles. The molecule has 5 heteroatoms. The Balaban J connectivity index is 1.64. The largest absolute Gasteiger partial charge is 0.379 e. The summed E-state index contributed by atoms with van der Waals surface area (Å²) in [5, 5.41) is 18.1. The molecular formula is C21H17N5. The monoisotopic (exact) mass is 339 g/mol. The fourth-order valence-electron chi connectivity index (χ4n) is 3.05. The van der Waals surface area contributed by atoms with E-state index < -0.39 is 0 Å². The van der Waals surface area contributed by atoms with Gasteiger partial charge in [-0.1, -0.05) is 42.5 Å². The molecule has 2 aromatic heterocycles. The highest BCUT2D eigenvalue weighted by Gasteiger charge is 2.09. The fourth-order valence-corrected chi connectivity index (χ4v) is 3.05. The summed E-state index contributed by atoms with van der Waals surface area (Å²) in [6.07, 6.45) is 5.36. The van der Waals surface area contributed by atoms with E-state index in [1.54, 1.807) is 12.4 Å². The lowest BCUT2D eigenvalue weighted by atomic mass is 10.1. The molecule has 2 aromatic carbocycles. The molecule has 5 nitrogen and oxygen atoms in total. The van der Waals surface area contributed by atoms with Gasteiger partial charge in [-0.15, -0.1) is 0 Å². The molecule has 0 fully saturated rings. The Hall–Kier alpha value is -3.65. The molecule has 0 atom stereocenters. The highest BCUT2D eigenvalue weighted by molar-refractivity contribution is 5.93. The van der Waals surface area contributed by atoms with Crippen molar-refractivity contribution >= 4 is 16.6 Å². The number of hydrogen-bond donors (Lipinski definition) is 1. The van der Waals surface area contributed by atoms with E-state index >= 15 is 0 Å². The maximum absolute atomic E-state index is 9.46. The van der Waals surface area contributed by atoms with Gasteiger partial charge in [0, 0.05) is 30.5 Å². The van der Waals surface area contributed by atoms with Gasteiger partial charge in [-0.3, -0.25) is 9.67 Å². The zero-order chi connectivity index (χ0) is 17.8. The number of pyridine rings is 1. The molecule has 0 aliphatic rings. The van der Waals surface area contributed by atoms with Crippen molar-refractivity contribution in [3.63, 3.8) is 0 Å². The molecule has 0 aliphatic heterocycles. The highest BCUT2D eigenvalue weighted by atomic mass is 15.3. The van der Waals surface area contributed by atoms with Gasteiger partial charge < -0.3 is 5.32 Å². The van der Waals surface area contributed by atoms with Gasteiger partial charge in [0.15, 0.2) is 0 Å². The van der Waals surface area contributed by atoms with Crippen LogP contribution in [0.2, 0.25) is 0 Å². The third-order valence-electron chi connectivity index (χ3n) is 4.36. The van der Waals surface area contributed by atoms with E-state index in [1.165, 1.54) is 11.1 Å². The number of nitriles is 1. The average molecular weight is 339 g/mol. The molecule has 4 rings (SSSR count). The smallest absolute Gasteiger partial charge is 0.103 e. The van der Waals surface area contributed by atoms with Crippen LogP contribution in [0.15, 0.2) is 73.2 Å². The number of anilines is 1. The van der Waals surface area contributed by atoms with Crippen LogP contribution in [0.5, 0.6) is 0 Å². The predicted molar refractivity (Wildman–Crippen MR) is 102 cm³/mol. The van der Waals surface area contributed by atoms with Crippen LogP contribution in [0.4, 0.5) is 5.69 Å². The molecule has 2 heterocycles. The van der Waals surface area contributed by atoms with Gasteiger partial charge in [0.25, 0.3) is 0 Å². The summed E-state index contributed by atoms with van der Waals surface area (Å²) < 4.78 is 1.90. The normalized spacial score (nSPS) is 10.6. The minimum Gasteiger partial charge on any atom is -0.379 e. The van der Waals surface area contributed by atoms with E-state index in [-0.39, 0.29) is 0 Å². The molecule has 0 bridgehead atoms. The van der Waals surface area contributed by atoms with Crippen molar-refractivity contribution in [2.75, 3.05) is 5.32 Å². The van der Waals surface area contributed by atoms with Crippen molar-refractivity contribution in [3.05, 3.63) is 89.9 Å². The molecule has 126 valence electrons. The predicted octanol–water partition coefficient (Wildman–Crippen LogP) is 3.96. The van der Waals surface area contributed by atoms with Crippen molar-refractivity contribution in [3.8, 4) is 6.07 Å². The van der Waals surface area contributed by atoms with Crippen LogP contribution in [-0.4, -0.2) is 14.8 Å². The summed E-state index contributed by atoms with van der Waals surface area (Å²) in [4.78, 5) is 4.36. The number of nitrogens with one attached hydrogen (secondary N) is 1. The third-order valence-corrected chi connectivity index (χ3v) is 4.36. The molecule has 26 heavy (non-hydrogen) atoms. The Labute approximate surface area is 151 Å². The quantitative estimate of drug-likeness (QED) is 0.597. The number of aromatic nitrogens is 3. The maximum Gasteiger partial charge on any atom is 0.103 e. The van der Waals surface area contributed by atoms with Crippen LogP contribution in [0.25, 0.3) is 10.9 Å². The van der Waals surface area contributed by atoms with Crippen LogP contribution < -0.4 is 5.32 Å². The second kappa shape index (κ2) is 7.08. The average Bonchev–Trinajstić information content (AvgIpc) is 3.20. The van der Waals surface area contributed by atoms with Crippen molar-refractivity contribution in [2.24, 2.45) is 0 Å². The summed E-state index contributed by atoms with van der Waals surface area (Å²) in [5.41, 5.74) is 4.62. The fraction of sp³-hybridized carbons (Fsp3) is 0.0952. The topological polar surface area (TPSA) is 66.5 Å². The number of rotatable bonds is 5. The first kappa shape index (κ1) is 15.9. The number of hydrogen-bond acceptors (Lipinski definition) is 4. The minimum absolute atomic E-state index is 0.549. The van der Waals surface area contributed by atoms with Crippen molar-refractivity contribution < 1.29 is 0 Å². The summed E-state index contributed by atoms with van der Waals surface area (Å²) >= 11 is 0. The molecule has 0 aliphatic carbocycles. The summed E-state index contributed by atoms with van der Waals surface area (Å²) in [7, 11) is 0. The first-order chi connectivity index (χ1) is 12.8. The molecular weight excluding hydrogens is 322 g/mol. The lowest BCUT2D eigenvalue weighted by molar-refractivity contribution is 0.682. The van der Waals surface area contributed by atoms with Crippen molar-refractivity contribution in [1.29, 1.82) is 5.26 Å². The van der Waals surface area contributed by atoms with Gasteiger partial charge in [0.05, 0.1) is 23.3 Å². The second-order valence-corrected chi connectivity index (χ2v) is 6.00. The maximum atomic E-state index is 9.46. The standard InChI is InChI=1S/C21H17N5/c22-12-18-14-23-20-9-4-3-8-19(20)21(18)24-13-16-6-1-2-7-17(16)15-26-11-5-10-25-26/h1-11,14H,13,15H2,(H,23,24). The van der Waals surface area contributed by atoms with Gasteiger partial charge >= 0.3 is 0 Å². The van der Waals surface area contributed by atoms with Crippen LogP contribution in [0, 0.1) is 11.3 Å². The highest BCUT2D eigenvalue weighted by Crippen LogP contribution is 2.26. The first-order valence-electron chi connectivity index (χ1n) is 8.41. The van der Waals surface area contributed by atoms with E-state index in [0.29, 0.717) is 18.7 Å². The first-order valence-corrected chi connectivity index (χ1v) is 8.41. The van der Waals surface area contributed by atoms with Crippen LogP contribution >= 0.6 is 0 Å². The number of benzene rings is 2. The van der Waals surface area contributed by atoms with Gasteiger partial charge in [-0.2, -0.15) is 10.4 Å². The second-order valence-electron chi connectivity index (χ2n) is 6.00. The number of nitrogens with zero attached hydrogens (tertiary/aromatic N) is 4. The Morgan fingerprint density at radius 2 is 1.81 bits per heavy atom. The van der Waals surface area contributed by atoms with E-state index in [1.807, 2.05) is 53.3 Å². The molecule has 0 amide bonds. The van der Waals surface area contributed by atoms with E-state index in [4.69, 9.17) is 0 Å². The Morgan fingerprint density at radius 1 is 1.00 bits per heavy atom. The number of para-hydroxylation sites is 1. The number of fused-ring (bicyclic) bond motifs is 1. The zero-order valence-corrected chi connectivity index (χ0v) is 14.1. The molecule has 0 radical (unpaired) electrons. The molecule has 1 N–H and O–H groups in total. The third kappa shape index (κ3) is 3.13. The van der Waals surface area contributed by atoms with Crippen LogP contribution in [0.3, 0.4) is 0 Å². The summed E-state index contributed by atoms with van der Waals surface area (Å²) in [5.74, 6) is 0. The summed E-state index contributed by atoms with van der Waals surface area (Å²) in [6, 6.07) is 20.3. The van der Waals surface area contributed by atoms with Crippen LogP contribution in [-0.2, 0) is 13.1 Å². The molecule has 0 spiro atoms. The van der Waals surface area contributed by atoms with Gasteiger partial charge in [0.2, 0.25) is 0 Å². The molecule has 4 aromatic rings. The van der Waals surface area contributed by atoms with Crippen molar-refractivity contribution in [1.82, 2.24) is 14.8 Å². The lowest BCUT2D eigenvalue weighted by Gasteiger charge is -2.14. The Kier molecular flexibility index (Phi) is 4.31. The van der Waals surface area contributed by atoms with Gasteiger partial charge in [0.1, 0.15) is 6.07 Å². The molecule has 0 saturated carbocycles. The van der Waals surface area contributed by atoms with Gasteiger partial charge in [-0.25, -0.2) is 0 Å². The van der Waals surface area contributed by atoms with Crippen molar-refractivity contribution in [2.45, 2.75) is 13.1 Å². The zero-order valence-electron chi connectivity index (χ0n) is 14.1. The Bertz CT molecular complexity index is 1080. The summed E-state index contributed by atoms with van der Waals surface area (Å²) in [6.45, 7) is 1.34. The Morgan fingerprint density at radius 3 is 2.62 bits per heavy atom. The molecule has 0 unspecified atom stereocenters. The van der Waals surface area contributed by atoms with E-state index in [0.717, 1.165) is 16.6 Å². The van der Waals surface area contributed by atoms with E-state index in [9.17, 15) is 5.26 Å². The SMILES string of the molecule is N#Cc1cnc2ccccc2c1NCc1ccccc1Cn1cccn1. The van der Waals surface area contributed by atoms with E-state index in [2.05, 4.69) is 33.6 Å². The van der Waals surface area contributed by atoms with Gasteiger partial charge in [-0.05, 0) is 23.3 Å².